The average Bonchev–Trinajstić information content (AvgIpc) is 2.19. The Bertz CT molecular complexity index is 288. The van der Waals surface area contributed by atoms with Crippen LogP contribution < -0.4 is 4.65 Å². The van der Waals surface area contributed by atoms with E-state index in [9.17, 15) is 4.32 Å². The van der Waals surface area contributed by atoms with Crippen molar-refractivity contribution in [1.29, 1.82) is 0 Å². The molecule has 0 aromatic heterocycles. The molecule has 2 rings (SSSR count). The zero-order valence-electron chi connectivity index (χ0n) is 7.26. The van der Waals surface area contributed by atoms with Crippen LogP contribution in [0, 0.1) is 0 Å². The maximum Gasteiger partial charge on any atom is 0.687 e. The van der Waals surface area contributed by atoms with Crippen molar-refractivity contribution >= 4 is 22.4 Å². The molecule has 1 aromatic carbocycles. The van der Waals surface area contributed by atoms with Gasteiger partial charge in [-0.2, -0.15) is 0 Å². The van der Waals surface area contributed by atoms with Gasteiger partial charge < -0.3 is 18.4 Å². The van der Waals surface area contributed by atoms with E-state index in [1.807, 2.05) is 6.07 Å². The van der Waals surface area contributed by atoms with Crippen molar-refractivity contribution in [1.82, 2.24) is 0 Å². The number of halogens is 1. The lowest BCUT2D eigenvalue weighted by molar-refractivity contribution is 0.211. The van der Waals surface area contributed by atoms with E-state index in [4.69, 9.17) is 9.23 Å². The summed E-state index contributed by atoms with van der Waals surface area (Å²) in [5, 5.41) is 0. The van der Waals surface area contributed by atoms with Crippen LogP contribution in [0.25, 0.3) is 0 Å². The topological polar surface area (TPSA) is 36.9 Å². The molecule has 1 heterocycles. The Kier molecular flexibility index (Phi) is 3.08. The van der Waals surface area contributed by atoms with Gasteiger partial charge in [0.2, 0.25) is 0 Å². The van der Waals surface area contributed by atoms with Gasteiger partial charge in [-0.15, -0.1) is 0 Å². The zero-order valence-corrected chi connectivity index (χ0v) is 7.26. The molecule has 0 saturated carbocycles. The molecule has 0 bridgehead atoms. The third-order valence-corrected chi connectivity index (χ3v) is 1.60. The van der Waals surface area contributed by atoms with Crippen LogP contribution in [-0.2, 0) is 13.7 Å². The lowest BCUT2D eigenvalue weighted by Crippen LogP contribution is -2.44. The second kappa shape index (κ2) is 4.50. The fraction of sp³-hybridized carbons (Fsp3) is 0. The molecule has 1 aliphatic rings. The van der Waals surface area contributed by atoms with Gasteiger partial charge in [-0.05, 0) is 12.1 Å². The summed E-state index contributed by atoms with van der Waals surface area (Å²) in [5.41, 5.74) is 0. The van der Waals surface area contributed by atoms with Gasteiger partial charge in [0.25, 0.3) is 0 Å². The molecule has 4 nitrogen and oxygen atoms in total. The highest BCUT2D eigenvalue weighted by molar-refractivity contribution is 6.62. The molecule has 14 heavy (non-hydrogen) atoms. The monoisotopic (exact) mass is 194 g/mol. The molecule has 1 fully saturated rings. The Labute approximate surface area is 82.0 Å². The van der Waals surface area contributed by atoms with E-state index >= 15 is 0 Å². The Morgan fingerprint density at radius 2 is 2.00 bits per heavy atom. The van der Waals surface area contributed by atoms with E-state index in [0.29, 0.717) is 5.75 Å². The molecule has 0 aliphatic carbocycles. The van der Waals surface area contributed by atoms with E-state index in [0.717, 1.165) is 0 Å². The third kappa shape index (κ3) is 2.51. The molecule has 0 atom stereocenters. The molecule has 1 saturated heterocycles. The normalized spacial score (nSPS) is 16.4. The minimum atomic E-state index is -1.79. The molecule has 0 amide bonds. The summed E-state index contributed by atoms with van der Waals surface area (Å²) in [6, 6.07) is 8.87. The quantitative estimate of drug-likeness (QED) is 0.635. The van der Waals surface area contributed by atoms with Crippen LogP contribution in [0.1, 0.15) is 0 Å². The Balaban J connectivity index is 1.91. The highest BCUT2D eigenvalue weighted by atomic mass is 19.1. The van der Waals surface area contributed by atoms with Gasteiger partial charge in [0.05, 0.1) is 0 Å². The smallest absolute Gasteiger partial charge is 0.513 e. The molecule has 1 aromatic rings. The molecule has 0 radical (unpaired) electrons. The van der Waals surface area contributed by atoms with Gasteiger partial charge in [0.15, 0.2) is 0 Å². The van der Waals surface area contributed by atoms with E-state index in [1.165, 1.54) is 0 Å². The van der Waals surface area contributed by atoms with Crippen molar-refractivity contribution in [2.75, 3.05) is 0 Å². The van der Waals surface area contributed by atoms with Crippen molar-refractivity contribution in [3.63, 3.8) is 0 Å². The first kappa shape index (κ1) is 9.57. The van der Waals surface area contributed by atoms with Gasteiger partial charge in [-0.25, -0.2) is 0 Å². The van der Waals surface area contributed by atoms with Crippen molar-refractivity contribution in [3.8, 4) is 5.75 Å². The van der Waals surface area contributed by atoms with E-state index in [2.05, 4.69) is 9.14 Å². The van der Waals surface area contributed by atoms with Crippen molar-refractivity contribution < 1.29 is 22.7 Å². The highest BCUT2D eigenvalue weighted by Gasteiger charge is 2.38. The van der Waals surface area contributed by atoms with Gasteiger partial charge in [-0.1, -0.05) is 18.2 Å². The van der Waals surface area contributed by atoms with Crippen molar-refractivity contribution in [3.05, 3.63) is 30.3 Å². The van der Waals surface area contributed by atoms with Crippen LogP contribution in [0.2, 0.25) is 0 Å². The van der Waals surface area contributed by atoms with Gasteiger partial charge in [0.1, 0.15) is 5.75 Å². The Morgan fingerprint density at radius 3 is 2.71 bits per heavy atom. The lowest BCUT2D eigenvalue weighted by atomic mass is 10.0. The summed E-state index contributed by atoms with van der Waals surface area (Å²) in [6.07, 6.45) is 0. The summed E-state index contributed by atoms with van der Waals surface area (Å²) >= 11 is 0. The summed E-state index contributed by atoms with van der Waals surface area (Å²) < 4.78 is 31.5. The second-order valence-electron chi connectivity index (χ2n) is 2.58. The first-order valence-corrected chi connectivity index (χ1v) is 4.09. The maximum absolute atomic E-state index is 12.5. The molecule has 0 N–H and O–H groups in total. The predicted molar refractivity (Wildman–Crippen MR) is 50.1 cm³/mol. The van der Waals surface area contributed by atoms with Crippen LogP contribution >= 0.6 is 0 Å². The third-order valence-electron chi connectivity index (χ3n) is 1.60. The molecule has 0 unspecified atom stereocenters. The number of hydrogen-bond acceptors (Lipinski definition) is 4. The standard InChI is InChI=1S/C6H6B3FO4/c10-8-12-7-13-9(14-8)11-6-4-2-1-3-5-6/h1-5,7H. The van der Waals surface area contributed by atoms with Crippen LogP contribution in [0.15, 0.2) is 30.3 Å². The van der Waals surface area contributed by atoms with Crippen LogP contribution in [0.4, 0.5) is 4.32 Å². The van der Waals surface area contributed by atoms with E-state index < -0.39 is 14.7 Å². The number of hydrogen-bond donors (Lipinski definition) is 0. The maximum atomic E-state index is 12.5. The lowest BCUT2D eigenvalue weighted by Gasteiger charge is -2.20. The van der Waals surface area contributed by atoms with Gasteiger partial charge >= 0.3 is 22.4 Å². The highest BCUT2D eigenvalue weighted by Crippen LogP contribution is 2.12. The zero-order chi connectivity index (χ0) is 9.80. The molecule has 0 spiro atoms. The second-order valence-corrected chi connectivity index (χ2v) is 2.58. The number of para-hydroxylation sites is 1. The molecular formula is C6H6B3FO4. The average molecular weight is 194 g/mol. The van der Waals surface area contributed by atoms with Crippen molar-refractivity contribution in [2.24, 2.45) is 0 Å². The Morgan fingerprint density at radius 1 is 1.21 bits per heavy atom. The first-order valence-electron chi connectivity index (χ1n) is 4.09. The largest absolute Gasteiger partial charge is 0.687 e. The van der Waals surface area contributed by atoms with Crippen molar-refractivity contribution in [2.45, 2.75) is 0 Å². The Hall–Kier alpha value is -0.975. The number of benzene rings is 1. The van der Waals surface area contributed by atoms with Crippen LogP contribution in [0.5, 0.6) is 5.75 Å². The molecule has 1 aliphatic heterocycles. The van der Waals surface area contributed by atoms with E-state index in [1.54, 1.807) is 24.3 Å². The fourth-order valence-electron chi connectivity index (χ4n) is 0.986. The van der Waals surface area contributed by atoms with Gasteiger partial charge in [0, 0.05) is 0 Å². The van der Waals surface area contributed by atoms with Gasteiger partial charge in [-0.3, -0.25) is 4.32 Å². The summed E-state index contributed by atoms with van der Waals surface area (Å²) in [4.78, 5) is 0. The van der Waals surface area contributed by atoms with Crippen LogP contribution in [-0.4, -0.2) is 22.4 Å². The summed E-state index contributed by atoms with van der Waals surface area (Å²) in [6.45, 7) is 0. The van der Waals surface area contributed by atoms with Crippen LogP contribution in [0.3, 0.4) is 0 Å². The minimum Gasteiger partial charge on any atom is -0.513 e. The summed E-state index contributed by atoms with van der Waals surface area (Å²) in [7, 11) is -3.03. The molecular weight excluding hydrogens is 187 g/mol. The predicted octanol–water partition coefficient (Wildman–Crippen LogP) is 0.335. The molecule has 8 heteroatoms. The number of rotatable bonds is 2. The summed E-state index contributed by atoms with van der Waals surface area (Å²) in [5.74, 6) is 0.548. The van der Waals surface area contributed by atoms with E-state index in [-0.39, 0.29) is 7.69 Å². The SMILES string of the molecule is FB1OBOB(Oc2ccccc2)O1. The molecule has 70 valence electrons. The minimum absolute atomic E-state index is 0.182. The first-order chi connectivity index (χ1) is 6.84. The fourth-order valence-corrected chi connectivity index (χ4v) is 0.986.